The molecule has 0 atom stereocenters. The quantitative estimate of drug-likeness (QED) is 0.591. The van der Waals surface area contributed by atoms with Gasteiger partial charge in [-0.15, -0.1) is 0 Å². The maximum atomic E-state index is 13.6. The molecule has 0 aliphatic heterocycles. The highest BCUT2D eigenvalue weighted by Gasteiger charge is 2.12. The largest absolute Gasteiger partial charge is 0.298 e. The highest BCUT2D eigenvalue weighted by atomic mass is 79.9. The second-order valence-electron chi connectivity index (χ2n) is 4.20. The number of halogens is 3. The molecule has 20 heavy (non-hydrogen) atoms. The lowest BCUT2D eigenvalue weighted by Gasteiger charge is -2.04. The maximum Gasteiger partial charge on any atom is 0.150 e. The van der Waals surface area contributed by atoms with Crippen molar-refractivity contribution < 1.29 is 13.6 Å². The second-order valence-corrected chi connectivity index (χ2v) is 5.12. The first-order valence-electron chi connectivity index (χ1n) is 5.96. The van der Waals surface area contributed by atoms with Gasteiger partial charge in [0.2, 0.25) is 0 Å². The van der Waals surface area contributed by atoms with Gasteiger partial charge in [-0.05, 0) is 36.2 Å². The van der Waals surface area contributed by atoms with E-state index in [2.05, 4.69) is 15.9 Å². The van der Waals surface area contributed by atoms with Crippen LogP contribution in [0.15, 0.2) is 53.0 Å². The van der Waals surface area contributed by atoms with Gasteiger partial charge in [0.25, 0.3) is 0 Å². The first-order chi connectivity index (χ1) is 9.61. The molecule has 0 aliphatic carbocycles. The van der Waals surface area contributed by atoms with Crippen LogP contribution in [0.1, 0.15) is 11.1 Å². The van der Waals surface area contributed by atoms with Gasteiger partial charge in [-0.2, -0.15) is 0 Å². The fraction of sp³-hybridized carbons (Fsp3) is 0.0625. The highest BCUT2D eigenvalue weighted by Crippen LogP contribution is 2.21. The smallest absolute Gasteiger partial charge is 0.150 e. The Hall–Kier alpha value is -1.81. The zero-order chi connectivity index (χ0) is 14.5. The van der Waals surface area contributed by atoms with Crippen molar-refractivity contribution in [1.29, 1.82) is 0 Å². The molecule has 2 aromatic rings. The summed E-state index contributed by atoms with van der Waals surface area (Å²) >= 11 is 3.32. The lowest BCUT2D eigenvalue weighted by molar-refractivity contribution is -0.103. The zero-order valence-electron chi connectivity index (χ0n) is 10.4. The number of rotatable bonds is 4. The summed E-state index contributed by atoms with van der Waals surface area (Å²) < 4.78 is 28.2. The molecule has 0 unspecified atom stereocenters. The first kappa shape index (κ1) is 14.6. The molecule has 0 N–H and O–H groups in total. The SMILES string of the molecule is O=CC(=CCc1ccc(Br)cc1)c1c(F)cccc1F. The monoisotopic (exact) mass is 336 g/mol. The van der Waals surface area contributed by atoms with Crippen molar-refractivity contribution in [3.05, 3.63) is 75.8 Å². The van der Waals surface area contributed by atoms with Crippen LogP contribution < -0.4 is 0 Å². The van der Waals surface area contributed by atoms with Crippen molar-refractivity contribution in [2.24, 2.45) is 0 Å². The number of benzene rings is 2. The summed E-state index contributed by atoms with van der Waals surface area (Å²) in [6.45, 7) is 0. The van der Waals surface area contributed by atoms with Crippen LogP contribution in [0.2, 0.25) is 0 Å². The van der Waals surface area contributed by atoms with E-state index in [1.54, 1.807) is 0 Å². The third-order valence-corrected chi connectivity index (χ3v) is 3.38. The van der Waals surface area contributed by atoms with E-state index in [-0.39, 0.29) is 11.1 Å². The van der Waals surface area contributed by atoms with E-state index in [1.807, 2.05) is 24.3 Å². The van der Waals surface area contributed by atoms with Crippen molar-refractivity contribution in [2.45, 2.75) is 6.42 Å². The predicted octanol–water partition coefficient (Wildman–Crippen LogP) is 4.55. The fourth-order valence-corrected chi connectivity index (χ4v) is 2.10. The maximum absolute atomic E-state index is 13.6. The molecule has 0 amide bonds. The Morgan fingerprint density at radius 2 is 1.65 bits per heavy atom. The average molecular weight is 337 g/mol. The van der Waals surface area contributed by atoms with Gasteiger partial charge in [-0.1, -0.05) is 40.2 Å². The molecule has 2 aromatic carbocycles. The molecule has 0 saturated carbocycles. The second kappa shape index (κ2) is 6.57. The first-order valence-corrected chi connectivity index (χ1v) is 6.75. The third-order valence-electron chi connectivity index (χ3n) is 2.85. The molecular formula is C16H11BrF2O. The Kier molecular flexibility index (Phi) is 4.79. The molecule has 0 aromatic heterocycles. The molecule has 0 radical (unpaired) electrons. The van der Waals surface area contributed by atoms with E-state index in [0.717, 1.165) is 22.2 Å². The Morgan fingerprint density at radius 1 is 1.05 bits per heavy atom. The van der Waals surface area contributed by atoms with Crippen LogP contribution in [-0.2, 0) is 11.2 Å². The normalized spacial score (nSPS) is 11.4. The molecule has 0 fully saturated rings. The highest BCUT2D eigenvalue weighted by molar-refractivity contribution is 9.10. The Labute approximate surface area is 124 Å². The van der Waals surface area contributed by atoms with E-state index >= 15 is 0 Å². The Morgan fingerprint density at radius 3 is 2.20 bits per heavy atom. The summed E-state index contributed by atoms with van der Waals surface area (Å²) in [6, 6.07) is 11.0. The van der Waals surface area contributed by atoms with Crippen molar-refractivity contribution in [3.8, 4) is 0 Å². The number of carbonyl (C=O) groups is 1. The molecule has 1 nitrogen and oxygen atoms in total. The minimum absolute atomic E-state index is 0.0171. The fourth-order valence-electron chi connectivity index (χ4n) is 1.83. The molecule has 0 bridgehead atoms. The van der Waals surface area contributed by atoms with E-state index < -0.39 is 11.6 Å². The minimum atomic E-state index is -0.737. The Bertz CT molecular complexity index is 628. The molecule has 0 aliphatic rings. The molecule has 0 heterocycles. The minimum Gasteiger partial charge on any atom is -0.298 e. The van der Waals surface area contributed by atoms with Crippen molar-refractivity contribution in [2.75, 3.05) is 0 Å². The van der Waals surface area contributed by atoms with Crippen LogP contribution in [0, 0.1) is 11.6 Å². The molecular weight excluding hydrogens is 326 g/mol. The van der Waals surface area contributed by atoms with E-state index in [9.17, 15) is 13.6 Å². The summed E-state index contributed by atoms with van der Waals surface area (Å²) in [5.41, 5.74) is 0.687. The Balaban J connectivity index is 2.30. The van der Waals surface area contributed by atoms with Crippen LogP contribution >= 0.6 is 15.9 Å². The van der Waals surface area contributed by atoms with E-state index in [0.29, 0.717) is 12.7 Å². The summed E-state index contributed by atoms with van der Waals surface area (Å²) in [7, 11) is 0. The van der Waals surface area contributed by atoms with Gasteiger partial charge < -0.3 is 0 Å². The van der Waals surface area contributed by atoms with Gasteiger partial charge in [0.1, 0.15) is 11.6 Å². The lowest BCUT2D eigenvalue weighted by atomic mass is 10.0. The van der Waals surface area contributed by atoms with Crippen LogP contribution in [-0.4, -0.2) is 6.29 Å². The lowest BCUT2D eigenvalue weighted by Crippen LogP contribution is -1.96. The molecule has 2 rings (SSSR count). The topological polar surface area (TPSA) is 17.1 Å². The van der Waals surface area contributed by atoms with Crippen molar-refractivity contribution in [3.63, 3.8) is 0 Å². The van der Waals surface area contributed by atoms with Crippen LogP contribution in [0.4, 0.5) is 8.78 Å². The van der Waals surface area contributed by atoms with Gasteiger partial charge in [-0.3, -0.25) is 4.79 Å². The van der Waals surface area contributed by atoms with Gasteiger partial charge >= 0.3 is 0 Å². The van der Waals surface area contributed by atoms with Gasteiger partial charge in [0, 0.05) is 10.0 Å². The summed E-state index contributed by atoms with van der Waals surface area (Å²) in [5, 5.41) is 0. The van der Waals surface area contributed by atoms with Crippen molar-refractivity contribution in [1.82, 2.24) is 0 Å². The summed E-state index contributed by atoms with van der Waals surface area (Å²) in [6.07, 6.45) is 2.42. The van der Waals surface area contributed by atoms with E-state index in [1.165, 1.54) is 12.1 Å². The number of hydrogen-bond donors (Lipinski definition) is 0. The van der Waals surface area contributed by atoms with E-state index in [4.69, 9.17) is 0 Å². The van der Waals surface area contributed by atoms with Crippen LogP contribution in [0.3, 0.4) is 0 Å². The predicted molar refractivity (Wildman–Crippen MR) is 78.2 cm³/mol. The van der Waals surface area contributed by atoms with Gasteiger partial charge in [0.05, 0.1) is 5.56 Å². The van der Waals surface area contributed by atoms with Gasteiger partial charge in [-0.25, -0.2) is 8.78 Å². The third kappa shape index (κ3) is 3.39. The zero-order valence-corrected chi connectivity index (χ0v) is 12.0. The number of allylic oxidation sites excluding steroid dienone is 2. The van der Waals surface area contributed by atoms with Crippen LogP contribution in [0.5, 0.6) is 0 Å². The summed E-state index contributed by atoms with van der Waals surface area (Å²) in [4.78, 5) is 11.1. The molecule has 0 spiro atoms. The number of hydrogen-bond acceptors (Lipinski definition) is 1. The standard InChI is InChI=1S/C16H11BrF2O/c17-13-8-5-11(6-9-13)4-7-12(10-20)16-14(18)2-1-3-15(16)19/h1-3,5-10H,4H2. The number of aldehydes is 1. The molecule has 4 heteroatoms. The summed E-state index contributed by atoms with van der Waals surface area (Å²) in [5.74, 6) is -1.47. The van der Waals surface area contributed by atoms with Crippen LogP contribution in [0.25, 0.3) is 5.57 Å². The number of carbonyl (C=O) groups excluding carboxylic acids is 1. The average Bonchev–Trinajstić information content (AvgIpc) is 2.44. The molecule has 0 saturated heterocycles. The van der Waals surface area contributed by atoms with Gasteiger partial charge in [0.15, 0.2) is 6.29 Å². The molecule has 102 valence electrons. The van der Waals surface area contributed by atoms with Crippen molar-refractivity contribution >= 4 is 27.8 Å².